The summed E-state index contributed by atoms with van der Waals surface area (Å²) in [5, 5.41) is 8.95. The minimum atomic E-state index is 0.785. The summed E-state index contributed by atoms with van der Waals surface area (Å²) in [7, 11) is 0. The highest BCUT2D eigenvalue weighted by atomic mass is 32.2. The molecular weight excluding hydrogens is 262 g/mol. The molecule has 2 heterocycles. The Morgan fingerprint density at radius 1 is 1.44 bits per heavy atom. The van der Waals surface area contributed by atoms with Crippen molar-refractivity contribution in [3.05, 3.63) is 17.5 Å². The molecule has 1 aliphatic rings. The fraction of sp³-hybridized carbons (Fsp3) is 0.769. The van der Waals surface area contributed by atoms with Gasteiger partial charge in [0.15, 0.2) is 0 Å². The van der Waals surface area contributed by atoms with E-state index in [2.05, 4.69) is 58.5 Å². The standard InChI is InChI=1S/C13H23N3S2/c1-3-11-7-12(16(4-2)15-11)8-14-9-13-10-17-5-6-18-13/h7,13-14H,3-6,8-10H2,1-2H3. The van der Waals surface area contributed by atoms with E-state index in [0.29, 0.717) is 0 Å². The fourth-order valence-electron chi connectivity index (χ4n) is 2.12. The highest BCUT2D eigenvalue weighted by Crippen LogP contribution is 2.23. The Morgan fingerprint density at radius 2 is 2.33 bits per heavy atom. The van der Waals surface area contributed by atoms with Crippen molar-refractivity contribution in [1.29, 1.82) is 0 Å². The van der Waals surface area contributed by atoms with Gasteiger partial charge in [-0.1, -0.05) is 6.92 Å². The van der Waals surface area contributed by atoms with E-state index >= 15 is 0 Å². The average Bonchev–Trinajstić information content (AvgIpc) is 2.82. The van der Waals surface area contributed by atoms with Crippen molar-refractivity contribution >= 4 is 23.5 Å². The molecule has 1 aromatic rings. The van der Waals surface area contributed by atoms with E-state index in [-0.39, 0.29) is 0 Å². The normalized spacial score (nSPS) is 20.2. The summed E-state index contributed by atoms with van der Waals surface area (Å²) in [4.78, 5) is 0. The van der Waals surface area contributed by atoms with Gasteiger partial charge in [0.2, 0.25) is 0 Å². The van der Waals surface area contributed by atoms with Gasteiger partial charge in [0, 0.05) is 42.1 Å². The largest absolute Gasteiger partial charge is 0.310 e. The van der Waals surface area contributed by atoms with Crippen molar-refractivity contribution in [2.45, 2.75) is 38.6 Å². The predicted molar refractivity (Wildman–Crippen MR) is 82.6 cm³/mol. The first-order valence-electron chi connectivity index (χ1n) is 6.79. The summed E-state index contributed by atoms with van der Waals surface area (Å²) in [5.41, 5.74) is 2.53. The molecule has 0 bridgehead atoms. The third-order valence-corrected chi connectivity index (χ3v) is 5.98. The molecule has 1 unspecified atom stereocenters. The van der Waals surface area contributed by atoms with Crippen molar-refractivity contribution in [2.75, 3.05) is 23.8 Å². The number of hydrogen-bond donors (Lipinski definition) is 1. The quantitative estimate of drug-likeness (QED) is 0.869. The smallest absolute Gasteiger partial charge is 0.0625 e. The number of aryl methyl sites for hydroxylation is 2. The summed E-state index contributed by atoms with van der Waals surface area (Å²) in [6.45, 7) is 7.35. The Morgan fingerprint density at radius 3 is 3.00 bits per heavy atom. The SMILES string of the molecule is CCc1cc(CNCC2CSCCS2)n(CC)n1. The first-order chi connectivity index (χ1) is 8.83. The topological polar surface area (TPSA) is 29.9 Å². The van der Waals surface area contributed by atoms with Crippen molar-refractivity contribution in [2.24, 2.45) is 0 Å². The summed E-state index contributed by atoms with van der Waals surface area (Å²) in [6, 6.07) is 2.24. The van der Waals surface area contributed by atoms with Crippen LogP contribution in [0.15, 0.2) is 6.07 Å². The molecule has 1 fully saturated rings. The zero-order chi connectivity index (χ0) is 12.8. The van der Waals surface area contributed by atoms with Crippen LogP contribution < -0.4 is 5.32 Å². The van der Waals surface area contributed by atoms with Crippen LogP contribution in [0, 0.1) is 0 Å². The second-order valence-corrected chi connectivity index (χ2v) is 7.05. The van der Waals surface area contributed by atoms with Gasteiger partial charge in [0.25, 0.3) is 0 Å². The van der Waals surface area contributed by atoms with Crippen LogP contribution in [0.5, 0.6) is 0 Å². The van der Waals surface area contributed by atoms with Crippen LogP contribution in [-0.4, -0.2) is 38.8 Å². The van der Waals surface area contributed by atoms with Gasteiger partial charge in [0.05, 0.1) is 11.4 Å². The third kappa shape index (κ3) is 3.93. The van der Waals surface area contributed by atoms with Crippen molar-refractivity contribution in [3.8, 4) is 0 Å². The van der Waals surface area contributed by atoms with Crippen LogP contribution >= 0.6 is 23.5 Å². The van der Waals surface area contributed by atoms with Crippen LogP contribution in [0.2, 0.25) is 0 Å². The minimum absolute atomic E-state index is 0.785. The van der Waals surface area contributed by atoms with E-state index in [9.17, 15) is 0 Å². The van der Waals surface area contributed by atoms with Gasteiger partial charge in [-0.2, -0.15) is 28.6 Å². The lowest BCUT2D eigenvalue weighted by molar-refractivity contribution is 0.578. The lowest BCUT2D eigenvalue weighted by atomic mass is 10.3. The molecule has 2 rings (SSSR count). The monoisotopic (exact) mass is 285 g/mol. The number of thioether (sulfide) groups is 2. The molecule has 0 aromatic carbocycles. The first kappa shape index (κ1) is 14.3. The molecule has 3 nitrogen and oxygen atoms in total. The molecule has 102 valence electrons. The molecule has 5 heteroatoms. The zero-order valence-electron chi connectivity index (χ0n) is 11.3. The van der Waals surface area contributed by atoms with E-state index in [4.69, 9.17) is 0 Å². The van der Waals surface area contributed by atoms with Crippen LogP contribution in [0.1, 0.15) is 25.2 Å². The molecule has 0 spiro atoms. The van der Waals surface area contributed by atoms with E-state index in [1.54, 1.807) is 0 Å². The Balaban J connectivity index is 1.79. The van der Waals surface area contributed by atoms with Gasteiger partial charge in [-0.05, 0) is 19.4 Å². The highest BCUT2D eigenvalue weighted by Gasteiger charge is 2.14. The summed E-state index contributed by atoms with van der Waals surface area (Å²) >= 11 is 4.20. The van der Waals surface area contributed by atoms with Gasteiger partial charge >= 0.3 is 0 Å². The molecule has 0 saturated carbocycles. The zero-order valence-corrected chi connectivity index (χ0v) is 12.9. The van der Waals surface area contributed by atoms with E-state index in [1.165, 1.54) is 28.6 Å². The third-order valence-electron chi connectivity index (χ3n) is 3.14. The minimum Gasteiger partial charge on any atom is -0.310 e. The highest BCUT2D eigenvalue weighted by molar-refractivity contribution is 8.06. The van der Waals surface area contributed by atoms with Crippen LogP contribution in [0.25, 0.3) is 0 Å². The number of aromatic nitrogens is 2. The molecule has 1 atom stereocenters. The Hall–Kier alpha value is -0.130. The molecule has 1 saturated heterocycles. The van der Waals surface area contributed by atoms with Crippen LogP contribution in [0.4, 0.5) is 0 Å². The number of hydrogen-bond acceptors (Lipinski definition) is 4. The van der Waals surface area contributed by atoms with Gasteiger partial charge < -0.3 is 5.32 Å². The summed E-state index contributed by atoms with van der Waals surface area (Å²) in [5.74, 6) is 3.93. The lowest BCUT2D eigenvalue weighted by Gasteiger charge is -2.21. The van der Waals surface area contributed by atoms with Crippen molar-refractivity contribution in [1.82, 2.24) is 15.1 Å². The van der Waals surface area contributed by atoms with Crippen molar-refractivity contribution in [3.63, 3.8) is 0 Å². The fourth-order valence-corrected chi connectivity index (χ4v) is 4.77. The maximum Gasteiger partial charge on any atom is 0.0625 e. The number of nitrogens with zero attached hydrogens (tertiary/aromatic N) is 2. The maximum atomic E-state index is 4.58. The molecule has 0 radical (unpaired) electrons. The summed E-state index contributed by atoms with van der Waals surface area (Å²) < 4.78 is 2.12. The average molecular weight is 285 g/mol. The molecule has 0 amide bonds. The molecule has 18 heavy (non-hydrogen) atoms. The molecule has 1 aromatic heterocycles. The van der Waals surface area contributed by atoms with Crippen LogP contribution in [-0.2, 0) is 19.5 Å². The molecule has 1 N–H and O–H groups in total. The Labute approximate surface area is 118 Å². The van der Waals surface area contributed by atoms with Gasteiger partial charge in [0.1, 0.15) is 0 Å². The molecule has 0 aliphatic carbocycles. The van der Waals surface area contributed by atoms with Gasteiger partial charge in [-0.25, -0.2) is 0 Å². The molecule has 1 aliphatic heterocycles. The second-order valence-electron chi connectivity index (χ2n) is 4.49. The molecular formula is C13H23N3S2. The van der Waals surface area contributed by atoms with Crippen LogP contribution in [0.3, 0.4) is 0 Å². The maximum absolute atomic E-state index is 4.58. The van der Waals surface area contributed by atoms with E-state index in [0.717, 1.165) is 31.3 Å². The van der Waals surface area contributed by atoms with E-state index in [1.807, 2.05) is 0 Å². The summed E-state index contributed by atoms with van der Waals surface area (Å²) in [6.07, 6.45) is 1.02. The lowest BCUT2D eigenvalue weighted by Crippen LogP contribution is -2.29. The predicted octanol–water partition coefficient (Wildman–Crippen LogP) is 2.40. The van der Waals surface area contributed by atoms with Crippen molar-refractivity contribution < 1.29 is 0 Å². The van der Waals surface area contributed by atoms with E-state index < -0.39 is 0 Å². The van der Waals surface area contributed by atoms with Gasteiger partial charge in [-0.15, -0.1) is 0 Å². The number of rotatable bonds is 6. The Kier molecular flexibility index (Phi) is 5.92. The van der Waals surface area contributed by atoms with Gasteiger partial charge in [-0.3, -0.25) is 4.68 Å². The Bertz CT molecular complexity index is 359. The number of nitrogens with one attached hydrogen (secondary N) is 1. The second kappa shape index (κ2) is 7.46. The first-order valence-corrected chi connectivity index (χ1v) is 8.99.